The minimum Gasteiger partial charge on any atom is -0.486 e. The number of fused-ring (bicyclic) bond motifs is 2. The van der Waals surface area contributed by atoms with E-state index in [4.69, 9.17) is 14.3 Å². The Morgan fingerprint density at radius 2 is 1.97 bits per heavy atom. The van der Waals surface area contributed by atoms with Crippen LogP contribution in [0.4, 0.5) is 0 Å². The molecule has 5 rings (SSSR count). The summed E-state index contributed by atoms with van der Waals surface area (Å²) < 4.78 is 11.1. The highest BCUT2D eigenvalue weighted by atomic mass is 16.7. The first-order chi connectivity index (χ1) is 15.8. The van der Waals surface area contributed by atoms with Gasteiger partial charge < -0.3 is 14.8 Å². The standard InChI is InChI=1S/C24H25N5O3/c1-30-29-10-2-3-21-24(29)20(7-9-26-21)17-4-5-18(27-14-17)6-8-25-15-19-13-22-23(16-28-19)32-12-11-31-22/h2-5,7,9-10,13-14,16,24-25H,6,8,11-12,15H2,1H3. The van der Waals surface area contributed by atoms with Crippen molar-refractivity contribution in [1.29, 1.82) is 0 Å². The Morgan fingerprint density at radius 1 is 1.09 bits per heavy atom. The molecule has 32 heavy (non-hydrogen) atoms. The van der Waals surface area contributed by atoms with Gasteiger partial charge in [-0.25, -0.2) is 5.06 Å². The largest absolute Gasteiger partial charge is 0.486 e. The van der Waals surface area contributed by atoms with Crippen molar-refractivity contribution >= 4 is 11.8 Å². The molecule has 0 spiro atoms. The van der Waals surface area contributed by atoms with Gasteiger partial charge in [0.2, 0.25) is 0 Å². The second-order valence-electron chi connectivity index (χ2n) is 7.56. The Bertz CT molecular complexity index is 1090. The van der Waals surface area contributed by atoms with E-state index in [1.165, 1.54) is 0 Å². The molecule has 3 aliphatic heterocycles. The van der Waals surface area contributed by atoms with E-state index in [2.05, 4.69) is 32.4 Å². The number of hydrogen-bond donors (Lipinski definition) is 1. The van der Waals surface area contributed by atoms with E-state index in [1.807, 2.05) is 42.9 Å². The van der Waals surface area contributed by atoms with Crippen molar-refractivity contribution in [3.63, 3.8) is 0 Å². The molecule has 2 aromatic rings. The second kappa shape index (κ2) is 9.33. The normalized spacial score (nSPS) is 18.8. The highest BCUT2D eigenvalue weighted by Gasteiger charge is 2.29. The third-order valence-corrected chi connectivity index (χ3v) is 5.53. The van der Waals surface area contributed by atoms with Crippen LogP contribution in [0.1, 0.15) is 17.0 Å². The lowest BCUT2D eigenvalue weighted by atomic mass is 9.93. The van der Waals surface area contributed by atoms with Crippen LogP contribution in [0.2, 0.25) is 0 Å². The summed E-state index contributed by atoms with van der Waals surface area (Å²) in [7, 11) is 1.66. The summed E-state index contributed by atoms with van der Waals surface area (Å²) in [5.41, 5.74) is 5.08. The average Bonchev–Trinajstić information content (AvgIpc) is 2.86. The molecule has 3 aliphatic rings. The van der Waals surface area contributed by atoms with Gasteiger partial charge in [0.05, 0.1) is 24.7 Å². The maximum Gasteiger partial charge on any atom is 0.179 e. The first-order valence-electron chi connectivity index (χ1n) is 10.7. The van der Waals surface area contributed by atoms with E-state index in [0.717, 1.165) is 46.9 Å². The van der Waals surface area contributed by atoms with Gasteiger partial charge >= 0.3 is 0 Å². The van der Waals surface area contributed by atoms with Gasteiger partial charge in [-0.05, 0) is 35.4 Å². The lowest BCUT2D eigenvalue weighted by Crippen LogP contribution is -2.35. The van der Waals surface area contributed by atoms with Crippen molar-refractivity contribution in [1.82, 2.24) is 20.3 Å². The zero-order valence-corrected chi connectivity index (χ0v) is 17.9. The molecule has 5 heterocycles. The first-order valence-corrected chi connectivity index (χ1v) is 10.7. The molecule has 0 bridgehead atoms. The molecular weight excluding hydrogens is 406 g/mol. The molecule has 8 heteroatoms. The maximum absolute atomic E-state index is 5.61. The van der Waals surface area contributed by atoms with Crippen molar-refractivity contribution in [2.75, 3.05) is 26.9 Å². The molecular formula is C24H25N5O3. The molecule has 0 fully saturated rings. The molecule has 0 saturated carbocycles. The summed E-state index contributed by atoms with van der Waals surface area (Å²) in [5.74, 6) is 1.48. The van der Waals surface area contributed by atoms with Gasteiger partial charge in [-0.1, -0.05) is 6.07 Å². The van der Waals surface area contributed by atoms with Gasteiger partial charge in [-0.2, -0.15) is 0 Å². The van der Waals surface area contributed by atoms with Gasteiger partial charge in [0.15, 0.2) is 11.5 Å². The molecule has 164 valence electrons. The highest BCUT2D eigenvalue weighted by molar-refractivity contribution is 5.90. The molecule has 1 atom stereocenters. The van der Waals surface area contributed by atoms with Crippen LogP contribution in [0.5, 0.6) is 11.5 Å². The fraction of sp³-hybridized carbons (Fsp3) is 0.292. The number of nitrogens with one attached hydrogen (secondary N) is 1. The second-order valence-corrected chi connectivity index (χ2v) is 7.56. The van der Waals surface area contributed by atoms with Crippen LogP contribution in [0.25, 0.3) is 5.57 Å². The van der Waals surface area contributed by atoms with Gasteiger partial charge in [0, 0.05) is 49.9 Å². The van der Waals surface area contributed by atoms with Crippen molar-refractivity contribution in [2.45, 2.75) is 19.0 Å². The summed E-state index contributed by atoms with van der Waals surface area (Å²) in [6, 6.07) is 6.05. The maximum atomic E-state index is 5.61. The van der Waals surface area contributed by atoms with E-state index in [0.29, 0.717) is 25.5 Å². The van der Waals surface area contributed by atoms with E-state index in [1.54, 1.807) is 18.4 Å². The number of hydroxylamine groups is 2. The van der Waals surface area contributed by atoms with E-state index < -0.39 is 0 Å². The molecule has 0 saturated heterocycles. The lowest BCUT2D eigenvalue weighted by Gasteiger charge is -2.33. The summed E-state index contributed by atoms with van der Waals surface area (Å²) in [6.45, 7) is 2.62. The van der Waals surface area contributed by atoms with Gasteiger partial charge in [0.25, 0.3) is 0 Å². The van der Waals surface area contributed by atoms with Crippen LogP contribution in [0.3, 0.4) is 0 Å². The number of aliphatic imine (C=N–C) groups is 1. The molecule has 0 aromatic carbocycles. The van der Waals surface area contributed by atoms with Gasteiger partial charge in [0.1, 0.15) is 19.3 Å². The van der Waals surface area contributed by atoms with Crippen molar-refractivity contribution < 1.29 is 14.3 Å². The quantitative estimate of drug-likeness (QED) is 0.675. The average molecular weight is 431 g/mol. The van der Waals surface area contributed by atoms with E-state index >= 15 is 0 Å². The molecule has 1 unspecified atom stereocenters. The summed E-state index contributed by atoms with van der Waals surface area (Å²) >= 11 is 0. The van der Waals surface area contributed by atoms with Crippen LogP contribution in [0.15, 0.2) is 65.7 Å². The highest BCUT2D eigenvalue weighted by Crippen LogP contribution is 2.32. The smallest absolute Gasteiger partial charge is 0.179 e. The summed E-state index contributed by atoms with van der Waals surface area (Å²) in [6.07, 6.45) is 14.2. The predicted molar refractivity (Wildman–Crippen MR) is 121 cm³/mol. The Kier molecular flexibility index (Phi) is 5.96. The number of rotatable bonds is 7. The van der Waals surface area contributed by atoms with E-state index in [9.17, 15) is 0 Å². The minimum absolute atomic E-state index is 0.0668. The fourth-order valence-electron chi connectivity index (χ4n) is 3.92. The lowest BCUT2D eigenvalue weighted by molar-refractivity contribution is -0.0980. The Hall–Kier alpha value is -3.49. The van der Waals surface area contributed by atoms with Crippen LogP contribution >= 0.6 is 0 Å². The number of ether oxygens (including phenoxy) is 2. The SMILES string of the molecule is CON1C=CC=C2N=CC=C(c3ccc(CCNCc4cc5c(cn4)OCCO5)nc3)C21. The van der Waals surface area contributed by atoms with Crippen molar-refractivity contribution in [3.8, 4) is 11.5 Å². The molecule has 1 N–H and O–H groups in total. The Balaban J connectivity index is 1.17. The summed E-state index contributed by atoms with van der Waals surface area (Å²) in [5, 5.41) is 5.23. The topological polar surface area (TPSA) is 81.1 Å². The number of hydrogen-bond acceptors (Lipinski definition) is 8. The van der Waals surface area contributed by atoms with Crippen LogP contribution in [-0.2, 0) is 17.8 Å². The number of nitrogens with zero attached hydrogens (tertiary/aromatic N) is 4. The predicted octanol–water partition coefficient (Wildman–Crippen LogP) is 2.69. The first kappa shape index (κ1) is 20.4. The fourth-order valence-corrected chi connectivity index (χ4v) is 3.92. The van der Waals surface area contributed by atoms with Crippen molar-refractivity contribution in [2.24, 2.45) is 4.99 Å². The monoisotopic (exact) mass is 431 g/mol. The Labute approximate surface area is 186 Å². The Morgan fingerprint density at radius 3 is 2.81 bits per heavy atom. The molecule has 0 aliphatic carbocycles. The number of dihydropyridines is 1. The minimum atomic E-state index is -0.0668. The molecule has 8 nitrogen and oxygen atoms in total. The molecule has 0 radical (unpaired) electrons. The van der Waals surface area contributed by atoms with Crippen LogP contribution in [-0.4, -0.2) is 54.2 Å². The number of pyridine rings is 2. The summed E-state index contributed by atoms with van der Waals surface area (Å²) in [4.78, 5) is 19.1. The van der Waals surface area contributed by atoms with Crippen LogP contribution < -0.4 is 14.8 Å². The molecule has 2 aromatic heterocycles. The third kappa shape index (κ3) is 4.28. The third-order valence-electron chi connectivity index (χ3n) is 5.53. The molecule has 0 amide bonds. The zero-order valence-electron chi connectivity index (χ0n) is 17.9. The van der Waals surface area contributed by atoms with E-state index in [-0.39, 0.29) is 6.04 Å². The zero-order chi connectivity index (χ0) is 21.8. The van der Waals surface area contributed by atoms with Gasteiger partial charge in [-0.15, -0.1) is 0 Å². The number of allylic oxidation sites excluding steroid dienone is 3. The number of aromatic nitrogens is 2. The van der Waals surface area contributed by atoms with Crippen LogP contribution in [0, 0.1) is 0 Å². The van der Waals surface area contributed by atoms with Crippen molar-refractivity contribution in [3.05, 3.63) is 77.7 Å². The van der Waals surface area contributed by atoms with Gasteiger partial charge in [-0.3, -0.25) is 19.8 Å².